The summed E-state index contributed by atoms with van der Waals surface area (Å²) in [5, 5.41) is 3.02. The lowest BCUT2D eigenvalue weighted by molar-refractivity contribution is -0.171. The summed E-state index contributed by atoms with van der Waals surface area (Å²) in [4.78, 5) is 43.7. The lowest BCUT2D eigenvalue weighted by Gasteiger charge is -2.42. The van der Waals surface area contributed by atoms with E-state index in [9.17, 15) is 31.5 Å². The van der Waals surface area contributed by atoms with Crippen LogP contribution in [0.4, 0.5) is 50.5 Å². The summed E-state index contributed by atoms with van der Waals surface area (Å²) in [6.45, 7) is 1.17. The van der Waals surface area contributed by atoms with Gasteiger partial charge in [0.25, 0.3) is 0 Å². The number of alkyl carbamates (subject to hydrolysis) is 1. The molecule has 0 spiro atoms. The number of hydrogen-bond donors (Lipinski definition) is 1. The molecule has 0 saturated carbocycles. The van der Waals surface area contributed by atoms with Crippen LogP contribution >= 0.6 is 0 Å². The maximum absolute atomic E-state index is 17.5. The van der Waals surface area contributed by atoms with Crippen molar-refractivity contribution < 1.29 is 58.9 Å². The van der Waals surface area contributed by atoms with Crippen molar-refractivity contribution >= 4 is 39.7 Å². The Bertz CT molecular complexity index is 2410. The van der Waals surface area contributed by atoms with Gasteiger partial charge in [-0.2, -0.15) is 23.1 Å². The molecule has 2 amide bonds. The smallest absolute Gasteiger partial charge is 0.415 e. The van der Waals surface area contributed by atoms with Crippen LogP contribution in [0, 0.1) is 11.6 Å². The predicted molar refractivity (Wildman–Crippen MR) is 204 cm³/mol. The average Bonchev–Trinajstić information content (AvgIpc) is 3.87. The summed E-state index contributed by atoms with van der Waals surface area (Å²) < 4.78 is 137. The van der Waals surface area contributed by atoms with Crippen LogP contribution in [-0.4, -0.2) is 125 Å². The lowest BCUT2D eigenvalue weighted by atomic mass is 9.90. The van der Waals surface area contributed by atoms with Crippen LogP contribution in [-0.2, 0) is 11.2 Å². The Morgan fingerprint density at radius 3 is 2.64 bits per heavy atom. The van der Waals surface area contributed by atoms with Crippen molar-refractivity contribution in [3.8, 4) is 23.0 Å². The number of ether oxygens (including phenoxy) is 3. The quantitative estimate of drug-likeness (QED) is 0.206. The molecule has 1 N–H and O–H groups in total. The van der Waals surface area contributed by atoms with E-state index >= 15 is 13.2 Å². The molecule has 20 heteroatoms. The first kappa shape index (κ1) is 41.1. The zero-order valence-corrected chi connectivity index (χ0v) is 32.8. The highest BCUT2D eigenvalue weighted by Crippen LogP contribution is 2.43. The molecule has 6 aliphatic heterocycles. The van der Waals surface area contributed by atoms with E-state index in [4.69, 9.17) is 14.2 Å². The number of hydrogen-bond acceptors (Lipinski definition) is 10. The van der Waals surface area contributed by atoms with E-state index in [1.54, 1.807) is 6.92 Å². The van der Waals surface area contributed by atoms with Gasteiger partial charge in [-0.05, 0) is 73.7 Å². The normalized spacial score (nSPS) is 28.3. The second kappa shape index (κ2) is 15.3. The van der Waals surface area contributed by atoms with Crippen molar-refractivity contribution in [2.45, 2.75) is 93.7 Å². The monoisotopic (exact) mass is 863 g/mol. The van der Waals surface area contributed by atoms with Crippen LogP contribution in [0.15, 0.2) is 30.5 Å². The highest BCUT2D eigenvalue weighted by molar-refractivity contribution is 6.02. The first-order valence-corrected chi connectivity index (χ1v) is 20.2. The van der Waals surface area contributed by atoms with Gasteiger partial charge in [-0.1, -0.05) is 6.07 Å². The number of rotatable bonds is 4. The van der Waals surface area contributed by atoms with Gasteiger partial charge in [-0.3, -0.25) is 14.8 Å². The first-order chi connectivity index (χ1) is 29.0. The molecule has 4 aromatic rings. The van der Waals surface area contributed by atoms with Gasteiger partial charge in [-0.25, -0.2) is 31.5 Å². The molecular formula is C41H41F8N7O5. The average molecular weight is 864 g/mol. The summed E-state index contributed by atoms with van der Waals surface area (Å²) in [6, 6.07) is 2.01. The molecule has 326 valence electrons. The second-order valence-electron chi connectivity index (χ2n) is 17.0. The fourth-order valence-electron chi connectivity index (χ4n) is 9.89. The summed E-state index contributed by atoms with van der Waals surface area (Å²) in [5.74, 6) is -2.17. The Labute approximate surface area is 343 Å². The van der Waals surface area contributed by atoms with Gasteiger partial charge in [0.2, 0.25) is 0 Å². The number of piperidine rings is 1. The van der Waals surface area contributed by atoms with Crippen LogP contribution in [0.25, 0.3) is 32.9 Å². The number of benzene rings is 2. The van der Waals surface area contributed by atoms with Gasteiger partial charge in [0.05, 0.1) is 36.2 Å². The molecule has 0 unspecified atom stereocenters. The van der Waals surface area contributed by atoms with Gasteiger partial charge in [0.1, 0.15) is 59.8 Å². The molecule has 6 aliphatic rings. The number of likely N-dealkylation sites (tertiary alicyclic amines) is 1. The molecule has 61 heavy (non-hydrogen) atoms. The van der Waals surface area contributed by atoms with Crippen LogP contribution in [0.2, 0.25) is 0 Å². The van der Waals surface area contributed by atoms with Gasteiger partial charge >= 0.3 is 24.4 Å². The highest BCUT2D eigenvalue weighted by Gasteiger charge is 2.52. The molecule has 4 fully saturated rings. The number of amides is 2. The molecule has 2 aromatic heterocycles. The number of nitrogens with zero attached hydrogens (tertiary/aromatic N) is 6. The summed E-state index contributed by atoms with van der Waals surface area (Å²) in [7, 11) is 0. The van der Waals surface area contributed by atoms with E-state index in [1.807, 2.05) is 4.90 Å². The Kier molecular flexibility index (Phi) is 10.3. The predicted octanol–water partition coefficient (Wildman–Crippen LogP) is 7.53. The van der Waals surface area contributed by atoms with Crippen LogP contribution in [0.5, 0.6) is 11.8 Å². The molecule has 4 saturated heterocycles. The Balaban J connectivity index is 1.21. The molecular weight excluding hydrogens is 822 g/mol. The van der Waals surface area contributed by atoms with Crippen molar-refractivity contribution in [1.29, 1.82) is 0 Å². The van der Waals surface area contributed by atoms with Gasteiger partial charge in [0.15, 0.2) is 5.82 Å². The standard InChI is InChI=1S/C41H41F8N7O5/c1-39-13-23(43)16-54(19-39)35-28-15-50-33(32(46)34(28)51-36(52-35)60-20-40-7-3-8-55(40)17-24(44)14-40)27-12-25(61-38(58)56-18-22(42)11-30(56)41(47,48)49)10-21-5-6-29(45)26(31(21)27)4-2-9-59-37(57)53-39/h5-6,10,12,15,22-24,30H,2-4,7-9,11,13-14,16-20H2,1H3,(H,53,57)/t22-,23+,24+,30+,39+,40-/m0/s1. The third-order valence-corrected chi connectivity index (χ3v) is 12.5. The van der Waals surface area contributed by atoms with Crippen molar-refractivity contribution in [2.75, 3.05) is 50.8 Å². The van der Waals surface area contributed by atoms with E-state index in [-0.39, 0.29) is 114 Å². The minimum absolute atomic E-state index is 0.00795. The number of fused-ring (bicyclic) bond motifs is 7. The topological polar surface area (TPSA) is 122 Å². The molecule has 2 aromatic carbocycles. The number of carbonyl (C=O) groups excluding carboxylic acids is 2. The van der Waals surface area contributed by atoms with Crippen molar-refractivity contribution in [3.63, 3.8) is 0 Å². The summed E-state index contributed by atoms with van der Waals surface area (Å²) >= 11 is 0. The number of nitrogens with one attached hydrogen (secondary N) is 1. The number of aromatic nitrogens is 3. The number of anilines is 1. The second-order valence-corrected chi connectivity index (χ2v) is 17.0. The number of aryl methyl sites for hydroxylation is 1. The maximum Gasteiger partial charge on any atom is 0.415 e. The highest BCUT2D eigenvalue weighted by atomic mass is 19.4. The van der Waals surface area contributed by atoms with Crippen LogP contribution in [0.1, 0.15) is 51.0 Å². The van der Waals surface area contributed by atoms with Gasteiger partial charge in [-0.15, -0.1) is 0 Å². The molecule has 6 atom stereocenters. The molecule has 8 heterocycles. The first-order valence-electron chi connectivity index (χ1n) is 20.2. The summed E-state index contributed by atoms with van der Waals surface area (Å²) in [6.07, 6.45) is -10.0. The SMILES string of the molecule is C[C@@]12C[C@@H](F)CN(C1)c1nc(OC[C@@]34CCCN3C[C@H](F)C4)nc3c(F)c(ncc13)-c1cc(OC(=O)N3C[C@@H](F)C[C@@H]3C(F)(F)F)cc3ccc(F)c(c13)CCCOC(=O)N2. The van der Waals surface area contributed by atoms with Crippen molar-refractivity contribution in [2.24, 2.45) is 0 Å². The Hall–Kier alpha value is -5.27. The molecule has 0 radical (unpaired) electrons. The van der Waals surface area contributed by atoms with Crippen molar-refractivity contribution in [1.82, 2.24) is 30.1 Å². The van der Waals surface area contributed by atoms with E-state index < -0.39 is 84.3 Å². The maximum atomic E-state index is 17.5. The summed E-state index contributed by atoms with van der Waals surface area (Å²) in [5.41, 5.74) is -2.77. The van der Waals surface area contributed by atoms with E-state index in [0.717, 1.165) is 18.6 Å². The fourth-order valence-corrected chi connectivity index (χ4v) is 9.89. The largest absolute Gasteiger partial charge is 0.461 e. The molecule has 10 rings (SSSR count). The fraction of sp³-hybridized carbons (Fsp3) is 0.537. The zero-order valence-electron chi connectivity index (χ0n) is 32.8. The minimum Gasteiger partial charge on any atom is -0.461 e. The zero-order chi connectivity index (χ0) is 43.0. The Morgan fingerprint density at radius 2 is 1.84 bits per heavy atom. The van der Waals surface area contributed by atoms with Gasteiger partial charge in [0, 0.05) is 44.1 Å². The minimum atomic E-state index is -4.95. The van der Waals surface area contributed by atoms with Gasteiger partial charge < -0.3 is 24.4 Å². The van der Waals surface area contributed by atoms with Crippen LogP contribution in [0.3, 0.4) is 0 Å². The molecule has 6 bridgehead atoms. The third-order valence-electron chi connectivity index (χ3n) is 12.5. The van der Waals surface area contributed by atoms with Crippen molar-refractivity contribution in [3.05, 3.63) is 47.7 Å². The molecule has 12 nitrogen and oxygen atoms in total. The van der Waals surface area contributed by atoms with Crippen LogP contribution < -0.4 is 19.7 Å². The van der Waals surface area contributed by atoms with E-state index in [1.165, 1.54) is 23.2 Å². The number of halogens is 8. The number of carbonyl (C=O) groups is 2. The number of pyridine rings is 1. The Morgan fingerprint density at radius 1 is 1.03 bits per heavy atom. The van der Waals surface area contributed by atoms with E-state index in [2.05, 4.69) is 20.3 Å². The number of alkyl halides is 6. The lowest BCUT2D eigenvalue weighted by Crippen LogP contribution is -2.60. The third kappa shape index (κ3) is 7.68. The van der Waals surface area contributed by atoms with E-state index in [0.29, 0.717) is 13.0 Å². The molecule has 0 aliphatic carbocycles.